The summed E-state index contributed by atoms with van der Waals surface area (Å²) in [6.07, 6.45) is 30.2. The fourth-order valence-corrected chi connectivity index (χ4v) is 4.85. The summed E-state index contributed by atoms with van der Waals surface area (Å²) in [7, 11) is 0. The molecule has 0 aliphatic heterocycles. The van der Waals surface area contributed by atoms with Crippen molar-refractivity contribution in [2.45, 2.75) is 187 Å². The second kappa shape index (κ2) is 30.4. The van der Waals surface area contributed by atoms with Gasteiger partial charge in [-0.3, -0.25) is 9.59 Å². The lowest BCUT2D eigenvalue weighted by atomic mass is 10.0. The zero-order valence-corrected chi connectivity index (χ0v) is 25.5. The van der Waals surface area contributed by atoms with E-state index in [1.165, 1.54) is 116 Å². The topological polar surface area (TPSA) is 72.8 Å². The van der Waals surface area contributed by atoms with Crippen molar-refractivity contribution in [3.05, 3.63) is 0 Å². The van der Waals surface area contributed by atoms with Crippen LogP contribution in [-0.2, 0) is 19.1 Å². The molecule has 38 heavy (non-hydrogen) atoms. The molecule has 0 heterocycles. The number of rotatable bonds is 30. The Morgan fingerprint density at radius 2 is 0.816 bits per heavy atom. The molecule has 1 unspecified atom stereocenters. The normalized spacial score (nSPS) is 12.0. The number of hydrogen-bond donors (Lipinski definition) is 1. The number of aliphatic hydroxyl groups is 1. The Morgan fingerprint density at radius 3 is 1.16 bits per heavy atom. The van der Waals surface area contributed by atoms with Crippen LogP contribution in [0.3, 0.4) is 0 Å². The van der Waals surface area contributed by atoms with Crippen molar-refractivity contribution >= 4 is 11.9 Å². The quantitative estimate of drug-likeness (QED) is 0.0725. The highest BCUT2D eigenvalue weighted by Crippen LogP contribution is 2.14. The highest BCUT2D eigenvalue weighted by molar-refractivity contribution is 5.70. The highest BCUT2D eigenvalue weighted by Gasteiger charge is 2.16. The van der Waals surface area contributed by atoms with E-state index in [1.807, 2.05) is 0 Å². The lowest BCUT2D eigenvalue weighted by Crippen LogP contribution is -2.28. The van der Waals surface area contributed by atoms with Crippen molar-refractivity contribution in [3.8, 4) is 0 Å². The Kier molecular flexibility index (Phi) is 29.6. The van der Waals surface area contributed by atoms with Crippen LogP contribution in [0, 0.1) is 0 Å². The molecule has 0 spiro atoms. The van der Waals surface area contributed by atoms with Gasteiger partial charge in [0.2, 0.25) is 0 Å². The minimum atomic E-state index is -0.758. The number of carbonyl (C=O) groups is 2. The van der Waals surface area contributed by atoms with Gasteiger partial charge in [0.1, 0.15) is 6.61 Å². The zero-order valence-electron chi connectivity index (χ0n) is 25.5. The molecule has 0 radical (unpaired) electrons. The predicted octanol–water partition coefficient (Wildman–Crippen LogP) is 9.62. The van der Waals surface area contributed by atoms with Crippen molar-refractivity contribution in [2.75, 3.05) is 13.2 Å². The van der Waals surface area contributed by atoms with E-state index < -0.39 is 6.10 Å². The van der Waals surface area contributed by atoms with E-state index >= 15 is 0 Å². The first-order valence-electron chi connectivity index (χ1n) is 16.6. The van der Waals surface area contributed by atoms with Crippen LogP contribution >= 0.6 is 0 Å². The lowest BCUT2D eigenvalue weighted by Gasteiger charge is -2.15. The lowest BCUT2D eigenvalue weighted by molar-refractivity contribution is -0.161. The van der Waals surface area contributed by atoms with Gasteiger partial charge in [0.05, 0.1) is 6.61 Å². The SMILES string of the molecule is CCCCCCCCCCCCCCCCCCC(=O)OC(CO)COC(=O)CCCCCCCCCC. The van der Waals surface area contributed by atoms with Gasteiger partial charge in [-0.25, -0.2) is 0 Å². The number of hydrogen-bond acceptors (Lipinski definition) is 5. The smallest absolute Gasteiger partial charge is 0.306 e. The molecule has 1 N–H and O–H groups in total. The number of aliphatic hydroxyl groups excluding tert-OH is 1. The molecule has 1 atom stereocenters. The summed E-state index contributed by atoms with van der Waals surface area (Å²) in [5, 5.41) is 9.47. The molecule has 0 aliphatic rings. The van der Waals surface area contributed by atoms with Gasteiger partial charge in [-0.1, -0.05) is 155 Å². The Labute approximate surface area is 236 Å². The summed E-state index contributed by atoms with van der Waals surface area (Å²) >= 11 is 0. The highest BCUT2D eigenvalue weighted by atomic mass is 16.6. The van der Waals surface area contributed by atoms with Crippen LogP contribution < -0.4 is 0 Å². The van der Waals surface area contributed by atoms with Crippen LogP contribution in [-0.4, -0.2) is 36.4 Å². The molecule has 0 aromatic rings. The van der Waals surface area contributed by atoms with Gasteiger partial charge in [-0.05, 0) is 12.8 Å². The van der Waals surface area contributed by atoms with Crippen LogP contribution in [0.25, 0.3) is 0 Å². The predicted molar refractivity (Wildman–Crippen MR) is 159 cm³/mol. The third-order valence-electron chi connectivity index (χ3n) is 7.40. The maximum atomic E-state index is 12.1. The second-order valence-electron chi connectivity index (χ2n) is 11.3. The van der Waals surface area contributed by atoms with E-state index in [-0.39, 0.29) is 25.2 Å². The molecule has 5 nitrogen and oxygen atoms in total. The Morgan fingerprint density at radius 1 is 0.500 bits per heavy atom. The van der Waals surface area contributed by atoms with Crippen molar-refractivity contribution in [3.63, 3.8) is 0 Å². The fourth-order valence-electron chi connectivity index (χ4n) is 4.85. The Bertz CT molecular complexity index is 508. The molecule has 0 aromatic carbocycles. The summed E-state index contributed by atoms with van der Waals surface area (Å²) in [6, 6.07) is 0. The van der Waals surface area contributed by atoms with Crippen LogP contribution in [0.4, 0.5) is 0 Å². The zero-order chi connectivity index (χ0) is 27.9. The van der Waals surface area contributed by atoms with Crippen LogP contribution in [0.15, 0.2) is 0 Å². The molecule has 0 amide bonds. The van der Waals surface area contributed by atoms with Gasteiger partial charge in [0.15, 0.2) is 6.10 Å². The first-order chi connectivity index (χ1) is 18.6. The van der Waals surface area contributed by atoms with Crippen LogP contribution in [0.2, 0.25) is 0 Å². The van der Waals surface area contributed by atoms with Crippen molar-refractivity contribution in [1.82, 2.24) is 0 Å². The number of ether oxygens (including phenoxy) is 2. The van der Waals surface area contributed by atoms with Crippen LogP contribution in [0.5, 0.6) is 0 Å². The van der Waals surface area contributed by atoms with E-state index in [0.717, 1.165) is 38.5 Å². The van der Waals surface area contributed by atoms with E-state index in [1.54, 1.807) is 0 Å². The summed E-state index contributed by atoms with van der Waals surface area (Å²) in [4.78, 5) is 24.0. The first kappa shape index (κ1) is 36.9. The van der Waals surface area contributed by atoms with Gasteiger partial charge in [-0.2, -0.15) is 0 Å². The van der Waals surface area contributed by atoms with Crippen molar-refractivity contribution < 1.29 is 24.2 Å². The monoisotopic (exact) mass is 540 g/mol. The van der Waals surface area contributed by atoms with Crippen molar-refractivity contribution in [1.29, 1.82) is 0 Å². The molecule has 226 valence electrons. The molecule has 5 heteroatoms. The standard InChI is InChI=1S/C33H64O5/c1-3-5-7-9-11-13-14-15-16-17-18-19-20-22-24-26-28-33(36)38-31(29-34)30-37-32(35)27-25-23-21-12-10-8-6-4-2/h31,34H,3-30H2,1-2H3. The Balaban J connectivity index is 3.51. The second-order valence-corrected chi connectivity index (χ2v) is 11.3. The van der Waals surface area contributed by atoms with Gasteiger partial charge >= 0.3 is 11.9 Å². The maximum Gasteiger partial charge on any atom is 0.306 e. The average Bonchev–Trinajstić information content (AvgIpc) is 2.92. The third kappa shape index (κ3) is 27.9. The summed E-state index contributed by atoms with van der Waals surface area (Å²) in [5.41, 5.74) is 0. The molecule has 0 saturated heterocycles. The first-order valence-corrected chi connectivity index (χ1v) is 16.6. The van der Waals surface area contributed by atoms with E-state index in [0.29, 0.717) is 12.8 Å². The molecule has 0 aliphatic carbocycles. The summed E-state index contributed by atoms with van der Waals surface area (Å²) in [5.74, 6) is -0.586. The average molecular weight is 541 g/mol. The summed E-state index contributed by atoms with van der Waals surface area (Å²) in [6.45, 7) is 4.11. The van der Waals surface area contributed by atoms with Crippen molar-refractivity contribution in [2.24, 2.45) is 0 Å². The number of unbranched alkanes of at least 4 members (excludes halogenated alkanes) is 22. The number of carbonyl (C=O) groups excluding carboxylic acids is 2. The van der Waals surface area contributed by atoms with Crippen LogP contribution in [0.1, 0.15) is 181 Å². The molecular weight excluding hydrogens is 476 g/mol. The largest absolute Gasteiger partial charge is 0.462 e. The Hall–Kier alpha value is -1.10. The molecule has 0 saturated carbocycles. The van der Waals surface area contributed by atoms with Gasteiger partial charge in [0.25, 0.3) is 0 Å². The third-order valence-corrected chi connectivity index (χ3v) is 7.40. The molecule has 0 rings (SSSR count). The number of esters is 2. The molecular formula is C33H64O5. The van der Waals surface area contributed by atoms with E-state index in [9.17, 15) is 14.7 Å². The van der Waals surface area contributed by atoms with Gasteiger partial charge in [-0.15, -0.1) is 0 Å². The maximum absolute atomic E-state index is 12.1. The molecule has 0 bridgehead atoms. The minimum Gasteiger partial charge on any atom is -0.462 e. The van der Waals surface area contributed by atoms with E-state index in [4.69, 9.17) is 9.47 Å². The van der Waals surface area contributed by atoms with E-state index in [2.05, 4.69) is 13.8 Å². The summed E-state index contributed by atoms with van der Waals surface area (Å²) < 4.78 is 10.5. The van der Waals surface area contributed by atoms with Gasteiger partial charge < -0.3 is 14.6 Å². The molecule has 0 aromatic heterocycles. The van der Waals surface area contributed by atoms with Gasteiger partial charge in [0, 0.05) is 12.8 Å². The fraction of sp³-hybridized carbons (Fsp3) is 0.939. The molecule has 0 fully saturated rings. The minimum absolute atomic E-state index is 0.0585.